The van der Waals surface area contributed by atoms with E-state index in [-0.39, 0.29) is 5.91 Å². The van der Waals surface area contributed by atoms with Gasteiger partial charge in [-0.25, -0.2) is 9.78 Å². The molecule has 0 spiro atoms. The van der Waals surface area contributed by atoms with Gasteiger partial charge in [-0.2, -0.15) is 13.2 Å². The van der Waals surface area contributed by atoms with E-state index in [0.29, 0.717) is 5.69 Å². The SMILES string of the molecule is Cc1ccc(CN2CCn3c(C(=O)N(C)C)cnc3C2)o1.O=C(O)C(F)(F)F. The number of hydrogen-bond acceptors (Lipinski definition) is 5. The first-order chi connectivity index (χ1) is 13.0. The highest BCUT2D eigenvalue weighted by Gasteiger charge is 2.38. The molecule has 0 aliphatic carbocycles. The highest BCUT2D eigenvalue weighted by Crippen LogP contribution is 2.18. The van der Waals surface area contributed by atoms with E-state index >= 15 is 0 Å². The zero-order chi connectivity index (χ0) is 21.1. The molecule has 28 heavy (non-hydrogen) atoms. The second kappa shape index (κ2) is 8.46. The summed E-state index contributed by atoms with van der Waals surface area (Å²) in [5.74, 6) is 0.0885. The van der Waals surface area contributed by atoms with Crippen LogP contribution in [0.4, 0.5) is 13.2 Å². The lowest BCUT2D eigenvalue weighted by molar-refractivity contribution is -0.192. The number of rotatable bonds is 3. The van der Waals surface area contributed by atoms with Crippen LogP contribution in [0.15, 0.2) is 22.7 Å². The van der Waals surface area contributed by atoms with E-state index in [1.54, 1.807) is 25.2 Å². The monoisotopic (exact) mass is 402 g/mol. The second-order valence-corrected chi connectivity index (χ2v) is 6.44. The Morgan fingerprint density at radius 2 is 1.93 bits per heavy atom. The number of carboxylic acid groups (broad SMARTS) is 1. The number of hydrogen-bond donors (Lipinski definition) is 1. The lowest BCUT2D eigenvalue weighted by Gasteiger charge is -2.27. The Morgan fingerprint density at radius 1 is 1.29 bits per heavy atom. The van der Waals surface area contributed by atoms with Gasteiger partial charge >= 0.3 is 12.1 Å². The van der Waals surface area contributed by atoms with Crippen molar-refractivity contribution in [2.45, 2.75) is 32.7 Å². The molecule has 0 fully saturated rings. The van der Waals surface area contributed by atoms with Gasteiger partial charge in [0.25, 0.3) is 5.91 Å². The van der Waals surface area contributed by atoms with Crippen LogP contribution in [0.5, 0.6) is 0 Å². The molecule has 0 saturated heterocycles. The Bertz CT molecular complexity index is 842. The van der Waals surface area contributed by atoms with E-state index in [2.05, 4.69) is 9.88 Å². The summed E-state index contributed by atoms with van der Waals surface area (Å²) >= 11 is 0. The summed E-state index contributed by atoms with van der Waals surface area (Å²) in [4.78, 5) is 29.3. The number of amides is 1. The molecule has 2 aromatic rings. The molecule has 154 valence electrons. The van der Waals surface area contributed by atoms with Crippen LogP contribution in [0.3, 0.4) is 0 Å². The van der Waals surface area contributed by atoms with Crippen LogP contribution in [0.25, 0.3) is 0 Å². The topological polar surface area (TPSA) is 91.8 Å². The highest BCUT2D eigenvalue weighted by molar-refractivity contribution is 5.92. The fourth-order valence-electron chi connectivity index (χ4n) is 2.64. The summed E-state index contributed by atoms with van der Waals surface area (Å²) in [6.45, 7) is 5.13. The van der Waals surface area contributed by atoms with Crippen LogP contribution in [0.2, 0.25) is 0 Å². The predicted octanol–water partition coefficient (Wildman–Crippen LogP) is 2.14. The fraction of sp³-hybridized carbons (Fsp3) is 0.471. The smallest absolute Gasteiger partial charge is 0.475 e. The first-order valence-electron chi connectivity index (χ1n) is 8.33. The fourth-order valence-corrected chi connectivity index (χ4v) is 2.64. The third-order valence-corrected chi connectivity index (χ3v) is 3.99. The average molecular weight is 402 g/mol. The van der Waals surface area contributed by atoms with Crippen molar-refractivity contribution < 1.29 is 32.3 Å². The van der Waals surface area contributed by atoms with Crippen molar-refractivity contribution in [3.63, 3.8) is 0 Å². The molecule has 3 heterocycles. The van der Waals surface area contributed by atoms with Crippen molar-refractivity contribution in [1.29, 1.82) is 0 Å². The lowest BCUT2D eigenvalue weighted by atomic mass is 10.3. The number of aromatic nitrogens is 2. The van der Waals surface area contributed by atoms with Crippen LogP contribution in [0.1, 0.15) is 27.8 Å². The molecule has 0 bridgehead atoms. The molecular weight excluding hydrogens is 381 g/mol. The Balaban J connectivity index is 0.000000345. The van der Waals surface area contributed by atoms with Crippen LogP contribution in [0, 0.1) is 6.92 Å². The molecule has 1 aliphatic rings. The first kappa shape index (κ1) is 21.5. The van der Waals surface area contributed by atoms with Crippen molar-refractivity contribution in [3.05, 3.63) is 41.4 Å². The quantitative estimate of drug-likeness (QED) is 0.846. The Kier molecular flexibility index (Phi) is 6.49. The molecule has 0 unspecified atom stereocenters. The van der Waals surface area contributed by atoms with Crippen molar-refractivity contribution >= 4 is 11.9 Å². The minimum absolute atomic E-state index is 0.00357. The van der Waals surface area contributed by atoms with Gasteiger partial charge in [0.1, 0.15) is 23.0 Å². The van der Waals surface area contributed by atoms with Gasteiger partial charge in [-0.3, -0.25) is 9.69 Å². The van der Waals surface area contributed by atoms with Gasteiger partial charge in [0.15, 0.2) is 0 Å². The zero-order valence-corrected chi connectivity index (χ0v) is 15.7. The summed E-state index contributed by atoms with van der Waals surface area (Å²) in [6.07, 6.45) is -3.40. The van der Waals surface area contributed by atoms with Crippen molar-refractivity contribution in [2.75, 3.05) is 20.6 Å². The number of aliphatic carboxylic acids is 1. The molecule has 3 rings (SSSR count). The summed E-state index contributed by atoms with van der Waals surface area (Å²) in [5, 5.41) is 7.12. The number of carboxylic acids is 1. The summed E-state index contributed by atoms with van der Waals surface area (Å²) < 4.78 is 39.4. The number of carbonyl (C=O) groups is 2. The van der Waals surface area contributed by atoms with Gasteiger partial charge in [-0.15, -0.1) is 0 Å². The van der Waals surface area contributed by atoms with Crippen LogP contribution >= 0.6 is 0 Å². The third-order valence-electron chi connectivity index (χ3n) is 3.99. The number of aryl methyl sites for hydroxylation is 1. The maximum absolute atomic E-state index is 12.1. The van der Waals surface area contributed by atoms with Gasteiger partial charge < -0.3 is 19.0 Å². The van der Waals surface area contributed by atoms with Crippen LogP contribution in [-0.4, -0.2) is 63.2 Å². The largest absolute Gasteiger partial charge is 0.490 e. The average Bonchev–Trinajstić information content (AvgIpc) is 3.19. The summed E-state index contributed by atoms with van der Waals surface area (Å²) in [5.41, 5.74) is 0.670. The normalized spacial score (nSPS) is 14.1. The van der Waals surface area contributed by atoms with Gasteiger partial charge in [-0.1, -0.05) is 0 Å². The number of halogens is 3. The highest BCUT2D eigenvalue weighted by atomic mass is 19.4. The van der Waals surface area contributed by atoms with Crippen molar-refractivity contribution in [2.24, 2.45) is 0 Å². The maximum atomic E-state index is 12.1. The molecule has 0 atom stereocenters. The van der Waals surface area contributed by atoms with Crippen molar-refractivity contribution in [1.82, 2.24) is 19.4 Å². The number of alkyl halides is 3. The van der Waals surface area contributed by atoms with Gasteiger partial charge in [0.2, 0.25) is 0 Å². The number of imidazole rings is 1. The predicted molar refractivity (Wildman–Crippen MR) is 91.5 cm³/mol. The van der Waals surface area contributed by atoms with Gasteiger partial charge in [-0.05, 0) is 19.1 Å². The molecule has 11 heteroatoms. The molecule has 0 saturated carbocycles. The second-order valence-electron chi connectivity index (χ2n) is 6.44. The Morgan fingerprint density at radius 3 is 2.43 bits per heavy atom. The number of nitrogens with zero attached hydrogens (tertiary/aromatic N) is 4. The van der Waals surface area contributed by atoms with E-state index in [4.69, 9.17) is 14.3 Å². The van der Waals surface area contributed by atoms with Crippen LogP contribution < -0.4 is 0 Å². The maximum Gasteiger partial charge on any atom is 0.490 e. The standard InChI is InChI=1S/C15H20N4O2.C2HF3O2/c1-11-4-5-12(21-11)9-18-6-7-19-13(15(20)17(2)3)8-16-14(19)10-18;3-2(4,5)1(6)7/h4-5,8H,6-7,9-10H2,1-3H3;(H,6,7). The molecule has 2 aromatic heterocycles. The summed E-state index contributed by atoms with van der Waals surface area (Å²) in [7, 11) is 3.52. The van der Waals surface area contributed by atoms with E-state index in [9.17, 15) is 18.0 Å². The van der Waals surface area contributed by atoms with E-state index in [1.165, 1.54) is 0 Å². The Labute approximate surface area is 159 Å². The molecular formula is C17H21F3N4O4. The van der Waals surface area contributed by atoms with Crippen molar-refractivity contribution in [3.8, 4) is 0 Å². The molecule has 8 nitrogen and oxygen atoms in total. The minimum atomic E-state index is -5.08. The van der Waals surface area contributed by atoms with Gasteiger partial charge in [0, 0.05) is 27.2 Å². The molecule has 0 radical (unpaired) electrons. The molecule has 0 aromatic carbocycles. The van der Waals surface area contributed by atoms with E-state index < -0.39 is 12.1 Å². The zero-order valence-electron chi connectivity index (χ0n) is 15.7. The molecule has 1 N–H and O–H groups in total. The van der Waals surface area contributed by atoms with Crippen LogP contribution in [-0.2, 0) is 24.4 Å². The molecule has 1 aliphatic heterocycles. The Hall–Kier alpha value is -2.82. The van der Waals surface area contributed by atoms with Gasteiger partial charge in [0.05, 0.1) is 19.3 Å². The number of furan rings is 1. The number of carbonyl (C=O) groups excluding carboxylic acids is 1. The lowest BCUT2D eigenvalue weighted by Crippen LogP contribution is -2.35. The summed E-state index contributed by atoms with van der Waals surface area (Å²) in [6, 6.07) is 3.99. The molecule has 1 amide bonds. The minimum Gasteiger partial charge on any atom is -0.475 e. The third kappa shape index (κ3) is 5.35. The number of fused-ring (bicyclic) bond motifs is 1. The first-order valence-corrected chi connectivity index (χ1v) is 8.33. The van der Waals surface area contributed by atoms with E-state index in [0.717, 1.165) is 43.5 Å². The van der Waals surface area contributed by atoms with E-state index in [1.807, 2.05) is 23.6 Å².